The Labute approximate surface area is 182 Å². The molecule has 1 heterocycles. The number of nitrogens with one attached hydrogen (secondary N) is 3. The largest absolute Gasteiger partial charge is 0.481 e. The average Bonchev–Trinajstić information content (AvgIpc) is 2.69. The number of pyridine rings is 1. The Balaban J connectivity index is 2.41. The fourth-order valence-electron chi connectivity index (χ4n) is 2.43. The van der Waals surface area contributed by atoms with E-state index in [1.54, 1.807) is 0 Å². The van der Waals surface area contributed by atoms with E-state index in [0.717, 1.165) is 0 Å². The van der Waals surface area contributed by atoms with Crippen LogP contribution in [0.5, 0.6) is 0 Å². The van der Waals surface area contributed by atoms with Crippen LogP contribution in [0, 0.1) is 0 Å². The van der Waals surface area contributed by atoms with E-state index in [1.165, 1.54) is 18.3 Å². The molecule has 0 saturated heterocycles. The van der Waals surface area contributed by atoms with Gasteiger partial charge in [-0.15, -0.1) is 0 Å². The monoisotopic (exact) mass is 458 g/mol. The summed E-state index contributed by atoms with van der Waals surface area (Å²) < 4.78 is 0. The number of hydrogen-bond donors (Lipinski definition) is 6. The highest BCUT2D eigenvalue weighted by Crippen LogP contribution is 2.06. The van der Waals surface area contributed by atoms with E-state index in [9.17, 15) is 29.1 Å². The number of aromatic nitrogens is 1. The minimum Gasteiger partial charge on any atom is -0.481 e. The first kappa shape index (κ1) is 25.6. The molecule has 0 aliphatic heterocycles. The van der Waals surface area contributed by atoms with Crippen molar-refractivity contribution in [2.24, 2.45) is 0 Å². The van der Waals surface area contributed by atoms with Gasteiger partial charge in [0.05, 0.1) is 5.56 Å². The highest BCUT2D eigenvalue weighted by Gasteiger charge is 2.24. The quantitative estimate of drug-likeness (QED) is 0.182. The molecule has 12 nitrogen and oxygen atoms in total. The first-order valence-electron chi connectivity index (χ1n) is 9.24. The maximum Gasteiger partial charge on any atom is 0.326 e. The molecule has 13 heteroatoms. The van der Waals surface area contributed by atoms with E-state index in [1.807, 2.05) is 5.32 Å². The van der Waals surface area contributed by atoms with Crippen LogP contribution in [-0.2, 0) is 14.4 Å². The first-order valence-corrected chi connectivity index (χ1v) is 9.62. The summed E-state index contributed by atoms with van der Waals surface area (Å²) in [5, 5.41) is 34.0. The lowest BCUT2D eigenvalue weighted by molar-refractivity contribution is -0.140. The summed E-state index contributed by atoms with van der Waals surface area (Å²) in [6, 6.07) is -0.808. The second-order valence-electron chi connectivity index (χ2n) is 6.45. The number of hydrogen-bond acceptors (Lipinski definition) is 6. The van der Waals surface area contributed by atoms with Crippen LogP contribution in [0.4, 0.5) is 4.79 Å². The smallest absolute Gasteiger partial charge is 0.326 e. The molecule has 0 aliphatic rings. The number of halogens is 1. The molecule has 1 aromatic rings. The number of carbonyl (C=O) groups is 5. The number of carbonyl (C=O) groups excluding carboxylic acids is 2. The molecule has 0 fully saturated rings. The summed E-state index contributed by atoms with van der Waals surface area (Å²) in [5.41, 5.74) is 0.321. The van der Waals surface area contributed by atoms with Gasteiger partial charge in [0.1, 0.15) is 17.2 Å². The molecule has 0 aliphatic carbocycles. The molecule has 2 atom stereocenters. The molecule has 3 amide bonds. The maximum absolute atomic E-state index is 11.9. The zero-order chi connectivity index (χ0) is 23.4. The van der Waals surface area contributed by atoms with Gasteiger partial charge in [0.2, 0.25) is 0 Å². The number of carboxylic acid groups (broad SMARTS) is 3. The Bertz CT molecular complexity index is 802. The lowest BCUT2D eigenvalue weighted by Crippen LogP contribution is -2.51. The lowest BCUT2D eigenvalue weighted by Gasteiger charge is -2.18. The maximum atomic E-state index is 11.9. The van der Waals surface area contributed by atoms with E-state index >= 15 is 0 Å². The summed E-state index contributed by atoms with van der Waals surface area (Å²) in [6.07, 6.45) is 1.31. The van der Waals surface area contributed by atoms with Crippen LogP contribution in [0.2, 0.25) is 5.15 Å². The number of amides is 3. The van der Waals surface area contributed by atoms with Crippen LogP contribution in [-0.4, -0.2) is 68.8 Å². The number of carboxylic acids is 3. The van der Waals surface area contributed by atoms with Gasteiger partial charge in [-0.2, -0.15) is 0 Å². The minimum absolute atomic E-state index is 0.0357. The van der Waals surface area contributed by atoms with Crippen molar-refractivity contribution in [3.05, 3.63) is 29.0 Å². The third kappa shape index (κ3) is 10.3. The van der Waals surface area contributed by atoms with E-state index in [4.69, 9.17) is 21.8 Å². The number of aliphatic carboxylic acids is 3. The summed E-state index contributed by atoms with van der Waals surface area (Å²) in [4.78, 5) is 60.6. The van der Waals surface area contributed by atoms with Gasteiger partial charge < -0.3 is 31.3 Å². The molecule has 1 rings (SSSR count). The SMILES string of the molecule is O=C(O)CCC(NC(=O)NC(CCCCNC(=O)c1ccc(Cl)nc1)C(=O)O)C(=O)O. The Morgan fingerprint density at radius 2 is 1.55 bits per heavy atom. The zero-order valence-corrected chi connectivity index (χ0v) is 17.1. The van der Waals surface area contributed by atoms with Gasteiger partial charge in [0.25, 0.3) is 5.91 Å². The molecule has 170 valence electrons. The van der Waals surface area contributed by atoms with Gasteiger partial charge >= 0.3 is 23.9 Å². The second-order valence-corrected chi connectivity index (χ2v) is 6.84. The molecule has 0 saturated carbocycles. The van der Waals surface area contributed by atoms with Gasteiger partial charge in [0.15, 0.2) is 0 Å². The molecule has 0 bridgehead atoms. The molecule has 0 aromatic carbocycles. The normalized spacial score (nSPS) is 12.3. The number of urea groups is 1. The fourth-order valence-corrected chi connectivity index (χ4v) is 2.54. The molecule has 1 aromatic heterocycles. The highest BCUT2D eigenvalue weighted by atomic mass is 35.5. The Morgan fingerprint density at radius 1 is 0.935 bits per heavy atom. The fraction of sp³-hybridized carbons (Fsp3) is 0.444. The van der Waals surface area contributed by atoms with Crippen LogP contribution >= 0.6 is 11.6 Å². The minimum atomic E-state index is -1.47. The van der Waals surface area contributed by atoms with Crippen LogP contribution in [0.25, 0.3) is 0 Å². The van der Waals surface area contributed by atoms with E-state index in [2.05, 4.69) is 15.6 Å². The predicted molar refractivity (Wildman–Crippen MR) is 107 cm³/mol. The molecule has 31 heavy (non-hydrogen) atoms. The Kier molecular flexibility index (Phi) is 10.8. The molecule has 0 radical (unpaired) electrons. The Hall–Kier alpha value is -3.41. The van der Waals surface area contributed by atoms with E-state index < -0.39 is 42.4 Å². The third-order valence-electron chi connectivity index (χ3n) is 4.05. The van der Waals surface area contributed by atoms with Gasteiger partial charge in [0, 0.05) is 19.2 Å². The van der Waals surface area contributed by atoms with Gasteiger partial charge in [-0.1, -0.05) is 11.6 Å². The molecule has 0 spiro atoms. The predicted octanol–water partition coefficient (Wildman–Crippen LogP) is 0.706. The summed E-state index contributed by atoms with van der Waals surface area (Å²) in [7, 11) is 0. The average molecular weight is 459 g/mol. The number of rotatable bonds is 13. The van der Waals surface area contributed by atoms with Crippen molar-refractivity contribution in [1.29, 1.82) is 0 Å². The van der Waals surface area contributed by atoms with Gasteiger partial charge in [-0.25, -0.2) is 19.4 Å². The van der Waals surface area contributed by atoms with Crippen LogP contribution in [0.3, 0.4) is 0 Å². The first-order chi connectivity index (χ1) is 14.6. The zero-order valence-electron chi connectivity index (χ0n) is 16.3. The summed E-state index contributed by atoms with van der Waals surface area (Å²) >= 11 is 5.65. The molecule has 2 unspecified atom stereocenters. The number of nitrogens with zero attached hydrogens (tertiary/aromatic N) is 1. The summed E-state index contributed by atoms with van der Waals surface area (Å²) in [5.74, 6) is -4.34. The van der Waals surface area contributed by atoms with Crippen molar-refractivity contribution < 1.29 is 39.3 Å². The topological polar surface area (TPSA) is 195 Å². The van der Waals surface area contributed by atoms with Crippen LogP contribution < -0.4 is 16.0 Å². The molecular weight excluding hydrogens is 436 g/mol. The van der Waals surface area contributed by atoms with E-state index in [-0.39, 0.29) is 30.4 Å². The summed E-state index contributed by atoms with van der Waals surface area (Å²) in [6.45, 7) is 0.260. The van der Waals surface area contributed by atoms with Crippen molar-refractivity contribution in [1.82, 2.24) is 20.9 Å². The van der Waals surface area contributed by atoms with Crippen molar-refractivity contribution in [3.63, 3.8) is 0 Å². The highest BCUT2D eigenvalue weighted by molar-refractivity contribution is 6.29. The molecular formula is C18H23ClN4O8. The standard InChI is InChI=1S/C18H23ClN4O8/c19-13-6-4-10(9-21-13)15(26)20-8-2-1-3-11(16(27)28)22-18(31)23-12(17(29)30)5-7-14(24)25/h4,6,9,11-12H,1-3,5,7-8H2,(H,20,26)(H,24,25)(H,27,28)(H,29,30)(H2,22,23,31). The third-order valence-corrected chi connectivity index (χ3v) is 4.27. The van der Waals surface area contributed by atoms with Crippen molar-refractivity contribution in [3.8, 4) is 0 Å². The molecule has 6 N–H and O–H groups in total. The lowest BCUT2D eigenvalue weighted by atomic mass is 10.1. The van der Waals surface area contributed by atoms with Crippen LogP contribution in [0.1, 0.15) is 42.5 Å². The van der Waals surface area contributed by atoms with Gasteiger partial charge in [-0.05, 0) is 37.8 Å². The van der Waals surface area contributed by atoms with Crippen molar-refractivity contribution in [2.45, 2.75) is 44.2 Å². The van der Waals surface area contributed by atoms with Crippen molar-refractivity contribution >= 4 is 41.4 Å². The van der Waals surface area contributed by atoms with Crippen molar-refractivity contribution in [2.75, 3.05) is 6.54 Å². The number of unbranched alkanes of at least 4 members (excludes halogenated alkanes) is 1. The van der Waals surface area contributed by atoms with Gasteiger partial charge in [-0.3, -0.25) is 9.59 Å². The second kappa shape index (κ2) is 13.0. The Morgan fingerprint density at radius 3 is 2.06 bits per heavy atom. The van der Waals surface area contributed by atoms with E-state index in [0.29, 0.717) is 18.4 Å². The van der Waals surface area contributed by atoms with Crippen LogP contribution in [0.15, 0.2) is 18.3 Å².